The van der Waals surface area contributed by atoms with E-state index in [2.05, 4.69) is 107 Å². The lowest BCUT2D eigenvalue weighted by Crippen LogP contribution is -2.40. The van der Waals surface area contributed by atoms with E-state index in [9.17, 15) is 9.90 Å². The van der Waals surface area contributed by atoms with Crippen LogP contribution >= 0.6 is 12.1 Å². The lowest BCUT2D eigenvalue weighted by Gasteiger charge is -2.35. The molecule has 6 rings (SSSR count). The summed E-state index contributed by atoms with van der Waals surface area (Å²) in [5.41, 5.74) is 6.75. The van der Waals surface area contributed by atoms with E-state index in [1.807, 2.05) is 6.07 Å². The number of hydrogen-bond donors (Lipinski definition) is 2. The van der Waals surface area contributed by atoms with Crippen molar-refractivity contribution in [2.75, 3.05) is 24.4 Å². The minimum atomic E-state index is -0.740. The number of anilines is 1. The van der Waals surface area contributed by atoms with Gasteiger partial charge in [-0.25, -0.2) is 9.29 Å². The lowest BCUT2D eigenvalue weighted by molar-refractivity contribution is -0.142. The number of nitrogens with one attached hydrogen (secondary N) is 1. The highest BCUT2D eigenvalue weighted by Gasteiger charge is 2.28. The molecule has 264 valence electrons. The minimum Gasteiger partial charge on any atom is -0.481 e. The van der Waals surface area contributed by atoms with Crippen LogP contribution in [0.3, 0.4) is 0 Å². The number of aromatic nitrogens is 2. The number of carbonyl (C=O) groups is 1. The fourth-order valence-corrected chi connectivity index (χ4v) is 8.26. The average molecular weight is 694 g/mol. The van der Waals surface area contributed by atoms with Crippen molar-refractivity contribution in [2.45, 2.75) is 84.3 Å². The number of benzene rings is 3. The van der Waals surface area contributed by atoms with E-state index >= 15 is 0 Å². The van der Waals surface area contributed by atoms with Gasteiger partial charge in [0, 0.05) is 56.0 Å². The second kappa shape index (κ2) is 17.8. The van der Waals surface area contributed by atoms with E-state index in [1.165, 1.54) is 55.4 Å². The highest BCUT2D eigenvalue weighted by molar-refractivity contribution is 7.98. The summed E-state index contributed by atoms with van der Waals surface area (Å²) in [6.07, 6.45) is 9.11. The molecule has 0 amide bonds. The second-order valence-corrected chi connectivity index (χ2v) is 14.9. The molecule has 2 aliphatic rings. The molecule has 0 radical (unpaired) electrons. The van der Waals surface area contributed by atoms with E-state index in [-0.39, 0.29) is 12.0 Å². The van der Waals surface area contributed by atoms with Crippen LogP contribution in [0.25, 0.3) is 11.3 Å². The van der Waals surface area contributed by atoms with Crippen molar-refractivity contribution in [1.29, 1.82) is 0 Å². The van der Waals surface area contributed by atoms with Gasteiger partial charge < -0.3 is 9.84 Å². The van der Waals surface area contributed by atoms with Gasteiger partial charge in [-0.2, -0.15) is 4.98 Å². The number of rotatable bonds is 15. The molecule has 2 unspecified atom stereocenters. The van der Waals surface area contributed by atoms with Crippen molar-refractivity contribution in [2.24, 2.45) is 11.8 Å². The smallest absolute Gasteiger partial charge is 0.307 e. The maximum atomic E-state index is 11.7. The molecule has 8 nitrogen and oxygen atoms in total. The van der Waals surface area contributed by atoms with Gasteiger partial charge in [0.25, 0.3) is 0 Å². The summed E-state index contributed by atoms with van der Waals surface area (Å²) < 4.78 is 12.2. The summed E-state index contributed by atoms with van der Waals surface area (Å²) in [6.45, 7) is 7.69. The number of carboxylic acids is 1. The minimum absolute atomic E-state index is 0.184. The molecule has 1 aliphatic carbocycles. The Labute approximate surface area is 301 Å². The van der Waals surface area contributed by atoms with E-state index in [0.717, 1.165) is 54.9 Å². The fourth-order valence-electron chi connectivity index (χ4n) is 7.49. The normalized spacial score (nSPS) is 17.8. The standard InChI is InChI=1S/C41H51N5O3S/c1-30-14-12-15-31(2)39(30)37-25-38(43-41(42-37)44-50-46-23-13-22-35(28-46)40(47)48)49-29-36(24-32-16-6-3-7-17-32)45(26-33-18-8-4-9-19-33)27-34-20-10-5-11-21-34/h4-5,8-12,14-15,18-21,25,32,35-36H,3,6-7,13,16-17,22-24,26-29H2,1-2H3,(H,47,48)(H,42,43,44). The van der Waals surface area contributed by atoms with Crippen LogP contribution in [0.2, 0.25) is 0 Å². The van der Waals surface area contributed by atoms with Crippen LogP contribution in [-0.4, -0.2) is 56.0 Å². The van der Waals surface area contributed by atoms with Crippen molar-refractivity contribution in [3.8, 4) is 17.1 Å². The number of aliphatic carboxylic acids is 1. The Kier molecular flexibility index (Phi) is 12.8. The largest absolute Gasteiger partial charge is 0.481 e. The molecule has 2 atom stereocenters. The van der Waals surface area contributed by atoms with E-state index < -0.39 is 5.97 Å². The zero-order valence-corrected chi connectivity index (χ0v) is 30.3. The van der Waals surface area contributed by atoms with Crippen LogP contribution in [0.1, 0.15) is 73.6 Å². The average Bonchev–Trinajstić information content (AvgIpc) is 3.13. The molecule has 1 aromatic heterocycles. The molecule has 2 heterocycles. The number of hydrogen-bond acceptors (Lipinski definition) is 8. The van der Waals surface area contributed by atoms with E-state index in [1.54, 1.807) is 0 Å². The molecule has 9 heteroatoms. The molecule has 2 N–H and O–H groups in total. The van der Waals surface area contributed by atoms with Gasteiger partial charge in [-0.15, -0.1) is 0 Å². The lowest BCUT2D eigenvalue weighted by atomic mass is 9.84. The molecule has 0 spiro atoms. The summed E-state index contributed by atoms with van der Waals surface area (Å²) in [5.74, 6) is 0.563. The summed E-state index contributed by atoms with van der Waals surface area (Å²) in [5, 5.41) is 9.60. The molecular formula is C41H51N5O3S. The first kappa shape index (κ1) is 35.9. The van der Waals surface area contributed by atoms with Crippen LogP contribution in [0.5, 0.6) is 5.88 Å². The van der Waals surface area contributed by atoms with E-state index in [4.69, 9.17) is 14.7 Å². The third-order valence-corrected chi connectivity index (χ3v) is 11.0. The molecule has 1 saturated heterocycles. The molecule has 4 aromatic rings. The first-order chi connectivity index (χ1) is 24.4. The summed E-state index contributed by atoms with van der Waals surface area (Å²) in [4.78, 5) is 24.1. The Morgan fingerprint density at radius 2 is 1.56 bits per heavy atom. The Balaban J connectivity index is 1.28. The van der Waals surface area contributed by atoms with Crippen molar-refractivity contribution in [1.82, 2.24) is 19.2 Å². The highest BCUT2D eigenvalue weighted by atomic mass is 32.2. The van der Waals surface area contributed by atoms with E-state index in [0.29, 0.717) is 37.3 Å². The fraction of sp³-hybridized carbons (Fsp3) is 0.439. The zero-order valence-electron chi connectivity index (χ0n) is 29.5. The molecule has 50 heavy (non-hydrogen) atoms. The highest BCUT2D eigenvalue weighted by Crippen LogP contribution is 2.33. The van der Waals surface area contributed by atoms with Crippen LogP contribution in [0.4, 0.5) is 5.95 Å². The number of piperidine rings is 1. The topological polar surface area (TPSA) is 90.8 Å². The zero-order chi connectivity index (χ0) is 34.7. The van der Waals surface area contributed by atoms with Gasteiger partial charge in [-0.3, -0.25) is 14.4 Å². The quantitative estimate of drug-likeness (QED) is 0.118. The SMILES string of the molecule is Cc1cccc(C)c1-c1cc(OCC(CC2CCCCC2)N(Cc2ccccc2)Cc2ccccc2)nc(NSN2CCCC(C(=O)O)C2)n1. The van der Waals surface area contributed by atoms with Gasteiger partial charge in [0.1, 0.15) is 6.61 Å². The van der Waals surface area contributed by atoms with Crippen LogP contribution in [0.15, 0.2) is 84.9 Å². The molecule has 0 bridgehead atoms. The molecule has 2 fully saturated rings. The van der Waals surface area contributed by atoms with Gasteiger partial charge in [0.05, 0.1) is 11.6 Å². The Hall–Kier alpha value is -3.92. The predicted octanol–water partition coefficient (Wildman–Crippen LogP) is 8.95. The Morgan fingerprint density at radius 1 is 0.900 bits per heavy atom. The van der Waals surface area contributed by atoms with Gasteiger partial charge in [0.2, 0.25) is 11.8 Å². The van der Waals surface area contributed by atoms with Crippen LogP contribution in [0, 0.1) is 25.7 Å². The van der Waals surface area contributed by atoms with Crippen molar-refractivity contribution < 1.29 is 14.6 Å². The Morgan fingerprint density at radius 3 is 2.20 bits per heavy atom. The molecule has 1 saturated carbocycles. The number of carboxylic acid groups (broad SMARTS) is 1. The first-order valence-corrected chi connectivity index (χ1v) is 19.0. The second-order valence-electron chi connectivity index (χ2n) is 14.0. The predicted molar refractivity (Wildman–Crippen MR) is 203 cm³/mol. The summed E-state index contributed by atoms with van der Waals surface area (Å²) >= 11 is 1.38. The number of aryl methyl sites for hydroxylation is 2. The van der Waals surface area contributed by atoms with Crippen LogP contribution < -0.4 is 9.46 Å². The maximum absolute atomic E-state index is 11.7. The molecule has 3 aromatic carbocycles. The number of nitrogens with zero attached hydrogens (tertiary/aromatic N) is 4. The molecular weight excluding hydrogens is 643 g/mol. The third kappa shape index (κ3) is 10.1. The maximum Gasteiger partial charge on any atom is 0.307 e. The van der Waals surface area contributed by atoms with Crippen molar-refractivity contribution >= 4 is 24.1 Å². The van der Waals surface area contributed by atoms with Gasteiger partial charge in [-0.1, -0.05) is 111 Å². The summed E-state index contributed by atoms with van der Waals surface area (Å²) in [7, 11) is 0. The van der Waals surface area contributed by atoms with Gasteiger partial charge >= 0.3 is 5.97 Å². The van der Waals surface area contributed by atoms with Gasteiger partial charge in [0.15, 0.2) is 0 Å². The number of ether oxygens (including phenoxy) is 1. The van der Waals surface area contributed by atoms with Crippen molar-refractivity contribution in [3.63, 3.8) is 0 Å². The third-order valence-electron chi connectivity index (χ3n) is 10.2. The van der Waals surface area contributed by atoms with Gasteiger partial charge in [-0.05, 0) is 61.3 Å². The monoisotopic (exact) mass is 693 g/mol. The Bertz CT molecular complexity index is 1610. The summed E-state index contributed by atoms with van der Waals surface area (Å²) in [6, 6.07) is 30.0. The first-order valence-electron chi connectivity index (χ1n) is 18.2. The molecule has 1 aliphatic heterocycles. The van der Waals surface area contributed by atoms with Crippen LogP contribution in [-0.2, 0) is 17.9 Å². The van der Waals surface area contributed by atoms with Crippen molar-refractivity contribution in [3.05, 3.63) is 107 Å².